The van der Waals surface area contributed by atoms with Crippen molar-refractivity contribution in [3.63, 3.8) is 0 Å². The lowest BCUT2D eigenvalue weighted by atomic mass is 10.2. The molecule has 16 heavy (non-hydrogen) atoms. The fourth-order valence-electron chi connectivity index (χ4n) is 1.71. The zero-order valence-corrected chi connectivity index (χ0v) is 10.8. The second-order valence-electron chi connectivity index (χ2n) is 3.82. The molecule has 0 amide bonds. The van der Waals surface area contributed by atoms with Gasteiger partial charge in [0.05, 0.1) is 10.2 Å². The molecule has 0 saturated carbocycles. The summed E-state index contributed by atoms with van der Waals surface area (Å²) in [6, 6.07) is 8.31. The minimum Gasteiger partial charge on any atom is -0.236 e. The normalized spacial score (nSPS) is 11.1. The van der Waals surface area contributed by atoms with Gasteiger partial charge in [-0.15, -0.1) is 22.7 Å². The molecular weight excluding hydrogens is 234 g/mol. The van der Waals surface area contributed by atoms with Crippen molar-refractivity contribution in [3.05, 3.63) is 40.1 Å². The molecular formula is C13H11NS2. The summed E-state index contributed by atoms with van der Waals surface area (Å²) in [6.45, 7) is 4.34. The van der Waals surface area contributed by atoms with Crippen LogP contribution in [0.15, 0.2) is 29.6 Å². The molecule has 3 rings (SSSR count). The summed E-state index contributed by atoms with van der Waals surface area (Å²) in [5.41, 5.74) is 3.76. The Bertz CT molecular complexity index is 616. The van der Waals surface area contributed by atoms with Crippen molar-refractivity contribution >= 4 is 32.9 Å². The summed E-state index contributed by atoms with van der Waals surface area (Å²) < 4.78 is 1.26. The second kappa shape index (κ2) is 3.68. The molecule has 80 valence electrons. The highest BCUT2D eigenvalue weighted by atomic mass is 32.1. The molecule has 0 aliphatic heterocycles. The third-order valence-corrected chi connectivity index (χ3v) is 4.89. The number of benzene rings is 1. The Balaban J connectivity index is 2.23. The Kier molecular flexibility index (Phi) is 2.30. The molecule has 1 aromatic carbocycles. The van der Waals surface area contributed by atoms with E-state index in [4.69, 9.17) is 0 Å². The lowest BCUT2D eigenvalue weighted by molar-refractivity contribution is 1.41. The maximum atomic E-state index is 4.68. The molecule has 2 heterocycles. The van der Waals surface area contributed by atoms with E-state index in [0.717, 1.165) is 10.5 Å². The molecule has 0 unspecified atom stereocenters. The molecule has 0 atom stereocenters. The van der Waals surface area contributed by atoms with Crippen LogP contribution >= 0.6 is 22.7 Å². The van der Waals surface area contributed by atoms with Crippen LogP contribution in [0, 0.1) is 13.8 Å². The van der Waals surface area contributed by atoms with E-state index in [-0.39, 0.29) is 0 Å². The van der Waals surface area contributed by atoms with E-state index in [1.165, 1.54) is 20.7 Å². The average molecular weight is 245 g/mol. The highest BCUT2D eigenvalue weighted by Gasteiger charge is 2.10. The SMILES string of the molecule is Cc1scc(-c2nc3ccccc3s2)c1C. The summed E-state index contributed by atoms with van der Waals surface area (Å²) in [7, 11) is 0. The second-order valence-corrected chi connectivity index (χ2v) is 5.93. The van der Waals surface area contributed by atoms with E-state index in [9.17, 15) is 0 Å². The number of aryl methyl sites for hydroxylation is 1. The summed E-state index contributed by atoms with van der Waals surface area (Å²) in [4.78, 5) is 6.07. The van der Waals surface area contributed by atoms with Crippen molar-refractivity contribution in [2.45, 2.75) is 13.8 Å². The zero-order chi connectivity index (χ0) is 11.1. The van der Waals surface area contributed by atoms with E-state index in [1.807, 2.05) is 6.07 Å². The Morgan fingerprint density at radius 3 is 2.62 bits per heavy atom. The fourth-order valence-corrected chi connectivity index (χ4v) is 3.70. The predicted octanol–water partition coefficient (Wildman–Crippen LogP) is 4.64. The Labute approximate surface area is 102 Å². The number of fused-ring (bicyclic) bond motifs is 1. The highest BCUT2D eigenvalue weighted by Crippen LogP contribution is 2.35. The highest BCUT2D eigenvalue weighted by molar-refractivity contribution is 7.22. The van der Waals surface area contributed by atoms with Gasteiger partial charge in [-0.05, 0) is 31.5 Å². The van der Waals surface area contributed by atoms with Gasteiger partial charge in [-0.1, -0.05) is 12.1 Å². The average Bonchev–Trinajstić information content (AvgIpc) is 2.84. The van der Waals surface area contributed by atoms with Gasteiger partial charge >= 0.3 is 0 Å². The number of thiophene rings is 1. The number of thiazole rings is 1. The Hall–Kier alpha value is -1.19. The van der Waals surface area contributed by atoms with Crippen molar-refractivity contribution in [3.8, 4) is 10.6 Å². The summed E-state index contributed by atoms with van der Waals surface area (Å²) in [6.07, 6.45) is 0. The smallest absolute Gasteiger partial charge is 0.125 e. The molecule has 3 aromatic rings. The van der Waals surface area contributed by atoms with Gasteiger partial charge in [-0.25, -0.2) is 4.98 Å². The van der Waals surface area contributed by atoms with E-state index < -0.39 is 0 Å². The molecule has 2 aromatic heterocycles. The predicted molar refractivity (Wildman–Crippen MR) is 72.4 cm³/mol. The number of rotatable bonds is 1. The first-order valence-corrected chi connectivity index (χ1v) is 6.86. The molecule has 0 spiro atoms. The van der Waals surface area contributed by atoms with Gasteiger partial charge in [0.2, 0.25) is 0 Å². The number of hydrogen-bond acceptors (Lipinski definition) is 3. The minimum atomic E-state index is 1.10. The number of para-hydroxylation sites is 1. The summed E-state index contributed by atoms with van der Waals surface area (Å²) >= 11 is 3.58. The van der Waals surface area contributed by atoms with E-state index in [1.54, 1.807) is 22.7 Å². The molecule has 0 aliphatic carbocycles. The quantitative estimate of drug-likeness (QED) is 0.608. The van der Waals surface area contributed by atoms with Gasteiger partial charge in [0, 0.05) is 15.8 Å². The van der Waals surface area contributed by atoms with Crippen molar-refractivity contribution < 1.29 is 0 Å². The number of nitrogens with zero attached hydrogens (tertiary/aromatic N) is 1. The van der Waals surface area contributed by atoms with Crippen molar-refractivity contribution in [1.82, 2.24) is 4.98 Å². The monoisotopic (exact) mass is 245 g/mol. The first kappa shape index (κ1) is 10.00. The summed E-state index contributed by atoms with van der Waals surface area (Å²) in [5, 5.41) is 3.35. The molecule has 3 heteroatoms. The lowest BCUT2D eigenvalue weighted by Crippen LogP contribution is -1.76. The van der Waals surface area contributed by atoms with E-state index >= 15 is 0 Å². The number of hydrogen-bond donors (Lipinski definition) is 0. The topological polar surface area (TPSA) is 12.9 Å². The standard InChI is InChI=1S/C13H11NS2/c1-8-9(2)15-7-10(8)13-14-11-5-3-4-6-12(11)16-13/h3-7H,1-2H3. The van der Waals surface area contributed by atoms with Crippen molar-refractivity contribution in [1.29, 1.82) is 0 Å². The van der Waals surface area contributed by atoms with E-state index in [0.29, 0.717) is 0 Å². The van der Waals surface area contributed by atoms with Crippen LogP contribution in [0.4, 0.5) is 0 Å². The maximum Gasteiger partial charge on any atom is 0.125 e. The van der Waals surface area contributed by atoms with Gasteiger partial charge in [-0.3, -0.25) is 0 Å². The third-order valence-electron chi connectivity index (χ3n) is 2.81. The van der Waals surface area contributed by atoms with Crippen LogP contribution in [0.5, 0.6) is 0 Å². The lowest BCUT2D eigenvalue weighted by Gasteiger charge is -1.93. The summed E-state index contributed by atoms with van der Waals surface area (Å²) in [5.74, 6) is 0. The zero-order valence-electron chi connectivity index (χ0n) is 9.15. The Morgan fingerprint density at radius 2 is 1.94 bits per heavy atom. The minimum absolute atomic E-state index is 1.10. The largest absolute Gasteiger partial charge is 0.236 e. The van der Waals surface area contributed by atoms with Crippen LogP contribution in [0.2, 0.25) is 0 Å². The van der Waals surface area contributed by atoms with E-state index in [2.05, 4.69) is 42.4 Å². The number of aromatic nitrogens is 1. The van der Waals surface area contributed by atoms with Gasteiger partial charge in [0.15, 0.2) is 0 Å². The van der Waals surface area contributed by atoms with Crippen molar-refractivity contribution in [2.75, 3.05) is 0 Å². The first-order valence-electron chi connectivity index (χ1n) is 5.16. The van der Waals surface area contributed by atoms with Gasteiger partial charge in [0.25, 0.3) is 0 Å². The van der Waals surface area contributed by atoms with Gasteiger partial charge in [-0.2, -0.15) is 0 Å². The van der Waals surface area contributed by atoms with Crippen LogP contribution < -0.4 is 0 Å². The van der Waals surface area contributed by atoms with Crippen LogP contribution in [0.1, 0.15) is 10.4 Å². The van der Waals surface area contributed by atoms with Crippen LogP contribution in [0.3, 0.4) is 0 Å². The Morgan fingerprint density at radius 1 is 1.12 bits per heavy atom. The van der Waals surface area contributed by atoms with Crippen molar-refractivity contribution in [2.24, 2.45) is 0 Å². The van der Waals surface area contributed by atoms with Gasteiger partial charge < -0.3 is 0 Å². The molecule has 1 nitrogen and oxygen atoms in total. The first-order chi connectivity index (χ1) is 7.75. The molecule has 0 radical (unpaired) electrons. The van der Waals surface area contributed by atoms with Crippen LogP contribution in [-0.2, 0) is 0 Å². The van der Waals surface area contributed by atoms with Gasteiger partial charge in [0.1, 0.15) is 5.01 Å². The molecule has 0 fully saturated rings. The molecule has 0 bridgehead atoms. The van der Waals surface area contributed by atoms with Crippen LogP contribution in [0.25, 0.3) is 20.8 Å². The fraction of sp³-hybridized carbons (Fsp3) is 0.154. The van der Waals surface area contributed by atoms with Crippen LogP contribution in [-0.4, -0.2) is 4.98 Å². The molecule has 0 aliphatic rings. The third kappa shape index (κ3) is 1.47. The maximum absolute atomic E-state index is 4.68. The molecule has 0 saturated heterocycles. The molecule has 0 N–H and O–H groups in total.